The lowest BCUT2D eigenvalue weighted by atomic mass is 10.0. The number of pyridine rings is 2. The van der Waals surface area contributed by atoms with E-state index >= 15 is 8.78 Å². The summed E-state index contributed by atoms with van der Waals surface area (Å²) in [4.78, 5) is 19.6. The van der Waals surface area contributed by atoms with E-state index in [-0.39, 0.29) is 11.1 Å². The zero-order valence-corrected chi connectivity index (χ0v) is 21.9. The molecule has 0 aliphatic rings. The number of sulfonamides is 1. The Morgan fingerprint density at radius 3 is 2.46 bits per heavy atom. The monoisotopic (exact) mass is 586 g/mol. The lowest BCUT2D eigenvalue weighted by Crippen LogP contribution is -2.16. The van der Waals surface area contributed by atoms with Gasteiger partial charge in [-0.05, 0) is 37.3 Å². The molecule has 0 saturated heterocycles. The first-order valence-corrected chi connectivity index (χ1v) is 13.1. The van der Waals surface area contributed by atoms with Gasteiger partial charge in [-0.25, -0.2) is 31.0 Å². The second-order valence-corrected chi connectivity index (χ2v) is 10.3. The Kier molecular flexibility index (Phi) is 7.04. The molecule has 0 atom stereocenters. The van der Waals surface area contributed by atoms with Gasteiger partial charge < -0.3 is 10.1 Å². The van der Waals surface area contributed by atoms with Crippen molar-refractivity contribution in [3.63, 3.8) is 0 Å². The summed E-state index contributed by atoms with van der Waals surface area (Å²) in [6.07, 6.45) is 2.15. The number of benzene rings is 2. The number of H-pyrrole nitrogens is 1. The van der Waals surface area contributed by atoms with Crippen molar-refractivity contribution in [2.24, 2.45) is 0 Å². The van der Waals surface area contributed by atoms with Gasteiger partial charge in [0.25, 0.3) is 15.9 Å². The van der Waals surface area contributed by atoms with Crippen LogP contribution in [0.3, 0.4) is 0 Å². The highest BCUT2D eigenvalue weighted by Gasteiger charge is 2.27. The third-order valence-corrected chi connectivity index (χ3v) is 7.29. The number of carbonyl (C=O) groups excluding carboxylic acids is 1. The molecule has 0 aliphatic carbocycles. The zero-order chi connectivity index (χ0) is 29.5. The van der Waals surface area contributed by atoms with Crippen LogP contribution in [-0.2, 0) is 10.0 Å². The molecule has 3 aromatic heterocycles. The van der Waals surface area contributed by atoms with Crippen molar-refractivity contribution in [1.29, 1.82) is 0 Å². The number of amides is 1. The highest BCUT2D eigenvalue weighted by atomic mass is 32.2. The molecule has 0 spiro atoms. The van der Waals surface area contributed by atoms with Gasteiger partial charge in [0.05, 0.1) is 36.4 Å². The Morgan fingerprint density at radius 2 is 1.76 bits per heavy atom. The smallest absolute Gasteiger partial charge is 0.274 e. The lowest BCUT2D eigenvalue weighted by Gasteiger charge is -2.14. The number of fused-ring (bicyclic) bond motifs is 1. The van der Waals surface area contributed by atoms with Crippen LogP contribution in [0.15, 0.2) is 59.8 Å². The van der Waals surface area contributed by atoms with Gasteiger partial charge in [0.1, 0.15) is 22.8 Å². The van der Waals surface area contributed by atoms with E-state index in [0.29, 0.717) is 11.8 Å². The van der Waals surface area contributed by atoms with Crippen LogP contribution in [0.2, 0.25) is 0 Å². The molecule has 0 fully saturated rings. The number of aryl methyl sites for hydroxylation is 1. The molecule has 41 heavy (non-hydrogen) atoms. The lowest BCUT2D eigenvalue weighted by molar-refractivity contribution is 0.102. The summed E-state index contributed by atoms with van der Waals surface area (Å²) in [6, 6.07) is 7.65. The number of halogens is 4. The van der Waals surface area contributed by atoms with Crippen LogP contribution in [0.4, 0.5) is 28.9 Å². The average molecular weight is 587 g/mol. The minimum atomic E-state index is -4.69. The predicted octanol–water partition coefficient (Wildman–Crippen LogP) is 4.95. The number of rotatable bonds is 7. The average Bonchev–Trinajstić information content (AvgIpc) is 3.38. The molecule has 3 heterocycles. The molecule has 15 heteroatoms. The molecule has 0 bridgehead atoms. The van der Waals surface area contributed by atoms with Crippen molar-refractivity contribution in [1.82, 2.24) is 20.2 Å². The molecule has 3 N–H and O–H groups in total. The van der Waals surface area contributed by atoms with Crippen LogP contribution in [-0.4, -0.2) is 41.6 Å². The number of nitrogens with zero attached hydrogens (tertiary/aromatic N) is 3. The summed E-state index contributed by atoms with van der Waals surface area (Å²) in [6.45, 7) is 1.77. The molecule has 0 unspecified atom stereocenters. The molecule has 0 radical (unpaired) electrons. The molecule has 1 amide bonds. The van der Waals surface area contributed by atoms with E-state index < -0.39 is 72.3 Å². The number of nitrogens with one attached hydrogen (secondary N) is 3. The maximum atomic E-state index is 15.6. The molecular formula is C26H18F4N6O4S. The molecule has 210 valence electrons. The summed E-state index contributed by atoms with van der Waals surface area (Å²) in [5.74, 6) is -6.01. The first-order chi connectivity index (χ1) is 19.5. The van der Waals surface area contributed by atoms with Crippen LogP contribution in [0, 0.1) is 30.2 Å². The third kappa shape index (κ3) is 5.14. The van der Waals surface area contributed by atoms with Crippen molar-refractivity contribution in [2.75, 3.05) is 17.1 Å². The number of hydrogen-bond acceptors (Lipinski definition) is 7. The largest absolute Gasteiger partial charge is 0.480 e. The van der Waals surface area contributed by atoms with Crippen LogP contribution in [0.1, 0.15) is 16.2 Å². The minimum Gasteiger partial charge on any atom is -0.480 e. The van der Waals surface area contributed by atoms with Crippen LogP contribution in [0.5, 0.6) is 5.88 Å². The topological polar surface area (TPSA) is 139 Å². The highest BCUT2D eigenvalue weighted by molar-refractivity contribution is 7.92. The maximum Gasteiger partial charge on any atom is 0.274 e. The normalized spacial score (nSPS) is 11.5. The first kappa shape index (κ1) is 27.5. The SMILES string of the molecule is COc1ncc(F)cc1S(=O)(=O)Nc1ccc(F)c(-c2ccc3c(C(=O)Nc4ccc(C)nc4)[nH]nc3c2F)c1F. The fourth-order valence-corrected chi connectivity index (χ4v) is 5.17. The van der Waals surface area contributed by atoms with E-state index in [1.807, 2.05) is 4.72 Å². The molecule has 0 aliphatic heterocycles. The van der Waals surface area contributed by atoms with Crippen LogP contribution < -0.4 is 14.8 Å². The van der Waals surface area contributed by atoms with Gasteiger partial charge >= 0.3 is 0 Å². The highest BCUT2D eigenvalue weighted by Crippen LogP contribution is 2.36. The number of methoxy groups -OCH3 is 1. The molecule has 10 nitrogen and oxygen atoms in total. The van der Waals surface area contributed by atoms with Crippen LogP contribution >= 0.6 is 0 Å². The summed E-state index contributed by atoms with van der Waals surface area (Å²) in [5.41, 5.74) is -1.68. The number of carbonyl (C=O) groups is 1. The van der Waals surface area contributed by atoms with Gasteiger partial charge in [0.2, 0.25) is 5.88 Å². The van der Waals surface area contributed by atoms with Gasteiger partial charge in [-0.15, -0.1) is 0 Å². The summed E-state index contributed by atoms with van der Waals surface area (Å²) < 4.78 is 92.2. The predicted molar refractivity (Wildman–Crippen MR) is 140 cm³/mol. The van der Waals surface area contributed by atoms with Crippen molar-refractivity contribution < 1.29 is 35.5 Å². The molecular weight excluding hydrogens is 568 g/mol. The molecule has 2 aromatic carbocycles. The number of anilines is 2. The Labute approximate surface area is 229 Å². The number of hydrogen-bond donors (Lipinski definition) is 3. The van der Waals surface area contributed by atoms with Crippen LogP contribution in [0.25, 0.3) is 22.0 Å². The van der Waals surface area contributed by atoms with Crippen molar-refractivity contribution in [3.8, 4) is 17.0 Å². The van der Waals surface area contributed by atoms with E-state index in [1.54, 1.807) is 19.1 Å². The molecule has 5 rings (SSSR count). The minimum absolute atomic E-state index is 0.0205. The Morgan fingerprint density at radius 1 is 0.976 bits per heavy atom. The van der Waals surface area contributed by atoms with Gasteiger partial charge in [0, 0.05) is 22.7 Å². The van der Waals surface area contributed by atoms with Crippen molar-refractivity contribution in [3.05, 3.63) is 89.5 Å². The quantitative estimate of drug-likeness (QED) is 0.230. The van der Waals surface area contributed by atoms with Crippen molar-refractivity contribution >= 4 is 38.2 Å². The second-order valence-electron chi connectivity index (χ2n) is 8.61. The third-order valence-electron chi connectivity index (χ3n) is 5.93. The van der Waals surface area contributed by atoms with Gasteiger partial charge in [-0.2, -0.15) is 5.10 Å². The van der Waals surface area contributed by atoms with Crippen molar-refractivity contribution in [2.45, 2.75) is 11.8 Å². The van der Waals surface area contributed by atoms with E-state index in [1.165, 1.54) is 12.3 Å². The Bertz CT molecular complexity index is 1930. The summed E-state index contributed by atoms with van der Waals surface area (Å²) in [5, 5.41) is 8.83. The van der Waals surface area contributed by atoms with E-state index in [0.717, 1.165) is 37.2 Å². The second kappa shape index (κ2) is 10.5. The summed E-state index contributed by atoms with van der Waals surface area (Å²) >= 11 is 0. The zero-order valence-electron chi connectivity index (χ0n) is 21.1. The summed E-state index contributed by atoms with van der Waals surface area (Å²) in [7, 11) is -3.60. The maximum absolute atomic E-state index is 15.6. The molecule has 0 saturated carbocycles. The Balaban J connectivity index is 1.52. The van der Waals surface area contributed by atoms with Gasteiger partial charge in [-0.1, -0.05) is 6.07 Å². The van der Waals surface area contributed by atoms with E-state index in [2.05, 4.69) is 25.5 Å². The Hall–Kier alpha value is -5.05. The van der Waals surface area contributed by atoms with E-state index in [4.69, 9.17) is 4.74 Å². The molecule has 5 aromatic rings. The fourth-order valence-electron chi connectivity index (χ4n) is 3.98. The fraction of sp³-hybridized carbons (Fsp3) is 0.0769. The standard InChI is InChI=1S/C26H18F4N6O4S/c1-12-3-4-14(11-31-12)33-25(37)24-16-6-5-15(21(29)23(16)34-35-24)20-17(28)7-8-18(22(20)30)36-41(38,39)19-9-13(27)10-32-26(19)40-2/h3-11,36H,1-2H3,(H,33,37)(H,34,35). The number of aromatic nitrogens is 4. The van der Waals surface area contributed by atoms with E-state index in [9.17, 15) is 22.0 Å². The van der Waals surface area contributed by atoms with Gasteiger partial charge in [0.15, 0.2) is 16.5 Å². The van der Waals surface area contributed by atoms with Gasteiger partial charge in [-0.3, -0.25) is 19.6 Å². The number of aromatic amines is 1. The first-order valence-electron chi connectivity index (χ1n) is 11.6. The number of ether oxygens (including phenoxy) is 1.